The van der Waals surface area contributed by atoms with Crippen LogP contribution < -0.4 is 10.6 Å². The van der Waals surface area contributed by atoms with Crippen molar-refractivity contribution in [2.45, 2.75) is 12.7 Å². The molecule has 0 amide bonds. The third kappa shape index (κ3) is 2.60. The molecule has 0 fully saturated rings. The predicted octanol–water partition coefficient (Wildman–Crippen LogP) is 4.33. The van der Waals surface area contributed by atoms with Gasteiger partial charge >= 0.3 is 6.18 Å². The van der Waals surface area contributed by atoms with Crippen LogP contribution in [0.25, 0.3) is 6.08 Å². The Morgan fingerprint density at radius 1 is 1.05 bits per heavy atom. The minimum Gasteiger partial charge on any atom is -0.337 e. The average molecular weight is 304 g/mol. The van der Waals surface area contributed by atoms with Gasteiger partial charge < -0.3 is 10.6 Å². The fourth-order valence-electron chi connectivity index (χ4n) is 2.65. The monoisotopic (exact) mass is 304 g/mol. The standard InChI is InChI=1S/C17H15F3N2/c18-17(19,20)13-6-8-14(9-7-13)22-10-2-4-15-12(11-21)3-1-5-16(15)22/h1-9H,10-11,21H2. The minimum atomic E-state index is -4.31. The van der Waals surface area contributed by atoms with Crippen LogP contribution in [0.1, 0.15) is 16.7 Å². The van der Waals surface area contributed by atoms with Crippen LogP contribution in [-0.2, 0) is 12.7 Å². The van der Waals surface area contributed by atoms with Crippen molar-refractivity contribution >= 4 is 17.5 Å². The van der Waals surface area contributed by atoms with E-state index in [1.165, 1.54) is 12.1 Å². The van der Waals surface area contributed by atoms with Crippen LogP contribution in [-0.4, -0.2) is 6.54 Å². The Morgan fingerprint density at radius 2 is 1.77 bits per heavy atom. The molecule has 22 heavy (non-hydrogen) atoms. The number of hydrogen-bond acceptors (Lipinski definition) is 2. The topological polar surface area (TPSA) is 29.3 Å². The van der Waals surface area contributed by atoms with Crippen molar-refractivity contribution in [1.29, 1.82) is 0 Å². The fraction of sp³-hybridized carbons (Fsp3) is 0.176. The average Bonchev–Trinajstić information content (AvgIpc) is 2.53. The second-order valence-corrected chi connectivity index (χ2v) is 5.11. The maximum Gasteiger partial charge on any atom is 0.416 e. The van der Waals surface area contributed by atoms with E-state index in [1.54, 1.807) is 0 Å². The number of nitrogens with two attached hydrogens (primary N) is 1. The van der Waals surface area contributed by atoms with Gasteiger partial charge in [0.05, 0.1) is 5.56 Å². The van der Waals surface area contributed by atoms with Gasteiger partial charge in [-0.2, -0.15) is 13.2 Å². The number of halogens is 3. The summed E-state index contributed by atoms with van der Waals surface area (Å²) in [5.41, 5.74) is 8.84. The molecule has 2 aromatic carbocycles. The van der Waals surface area contributed by atoms with E-state index in [-0.39, 0.29) is 0 Å². The third-order valence-corrected chi connectivity index (χ3v) is 3.76. The first-order valence-corrected chi connectivity index (χ1v) is 6.94. The molecule has 0 radical (unpaired) electrons. The summed E-state index contributed by atoms with van der Waals surface area (Å²) in [5.74, 6) is 0. The normalized spacial score (nSPS) is 14.1. The number of fused-ring (bicyclic) bond motifs is 1. The number of hydrogen-bond donors (Lipinski definition) is 1. The summed E-state index contributed by atoms with van der Waals surface area (Å²) in [5, 5.41) is 0. The van der Waals surface area contributed by atoms with E-state index >= 15 is 0 Å². The largest absolute Gasteiger partial charge is 0.416 e. The summed E-state index contributed by atoms with van der Waals surface area (Å²) in [6.45, 7) is 1.04. The Hall–Kier alpha value is -2.27. The van der Waals surface area contributed by atoms with Gasteiger partial charge in [0.15, 0.2) is 0 Å². The molecule has 0 bridgehead atoms. The molecule has 1 aliphatic heterocycles. The Labute approximate surface area is 126 Å². The summed E-state index contributed by atoms with van der Waals surface area (Å²) in [6, 6.07) is 11.0. The summed E-state index contributed by atoms with van der Waals surface area (Å²) >= 11 is 0. The van der Waals surface area contributed by atoms with Gasteiger partial charge in [-0.25, -0.2) is 0 Å². The molecule has 5 heteroatoms. The van der Waals surface area contributed by atoms with Gasteiger partial charge in [-0.05, 0) is 35.9 Å². The van der Waals surface area contributed by atoms with Crippen molar-refractivity contribution in [1.82, 2.24) is 0 Å². The number of rotatable bonds is 2. The Balaban J connectivity index is 1.99. The lowest BCUT2D eigenvalue weighted by atomic mass is 10.0. The van der Waals surface area contributed by atoms with Gasteiger partial charge in [-0.15, -0.1) is 0 Å². The van der Waals surface area contributed by atoms with E-state index in [1.807, 2.05) is 35.3 Å². The van der Waals surface area contributed by atoms with Crippen LogP contribution >= 0.6 is 0 Å². The molecule has 0 spiro atoms. The van der Waals surface area contributed by atoms with Gasteiger partial charge in [0, 0.05) is 30.0 Å². The van der Waals surface area contributed by atoms with E-state index in [4.69, 9.17) is 5.73 Å². The minimum absolute atomic E-state index is 0.425. The van der Waals surface area contributed by atoms with Crippen molar-refractivity contribution in [3.8, 4) is 0 Å². The lowest BCUT2D eigenvalue weighted by Gasteiger charge is -2.29. The Kier molecular flexibility index (Phi) is 3.66. The molecule has 2 nitrogen and oxygen atoms in total. The summed E-state index contributed by atoms with van der Waals surface area (Å²) in [7, 11) is 0. The zero-order valence-electron chi connectivity index (χ0n) is 11.8. The van der Waals surface area contributed by atoms with Gasteiger partial charge in [-0.1, -0.05) is 24.3 Å². The van der Waals surface area contributed by atoms with E-state index in [0.717, 1.165) is 34.6 Å². The molecule has 3 rings (SSSR count). The molecule has 1 heterocycles. The summed E-state index contributed by atoms with van der Waals surface area (Å²) in [4.78, 5) is 1.98. The van der Waals surface area contributed by atoms with Crippen LogP contribution in [0.4, 0.5) is 24.5 Å². The van der Waals surface area contributed by atoms with Crippen molar-refractivity contribution in [3.63, 3.8) is 0 Å². The van der Waals surface area contributed by atoms with Crippen molar-refractivity contribution in [3.05, 3.63) is 65.2 Å². The van der Waals surface area contributed by atoms with Crippen LogP contribution in [0.5, 0.6) is 0 Å². The molecule has 114 valence electrons. The van der Waals surface area contributed by atoms with Crippen LogP contribution in [0.3, 0.4) is 0 Å². The third-order valence-electron chi connectivity index (χ3n) is 3.76. The van der Waals surface area contributed by atoms with Gasteiger partial charge in [-0.3, -0.25) is 0 Å². The number of benzene rings is 2. The second-order valence-electron chi connectivity index (χ2n) is 5.11. The van der Waals surface area contributed by atoms with Gasteiger partial charge in [0.25, 0.3) is 0 Å². The SMILES string of the molecule is NCc1cccc2c1C=CCN2c1ccc(C(F)(F)F)cc1. The Bertz CT molecular complexity index is 703. The number of alkyl halides is 3. The molecular formula is C17H15F3N2. The van der Waals surface area contributed by atoms with Crippen molar-refractivity contribution in [2.24, 2.45) is 5.73 Å². The van der Waals surface area contributed by atoms with Crippen LogP contribution in [0.2, 0.25) is 0 Å². The van der Waals surface area contributed by atoms with E-state index in [0.29, 0.717) is 13.1 Å². The highest BCUT2D eigenvalue weighted by Crippen LogP contribution is 2.36. The first kappa shape index (κ1) is 14.7. The molecule has 0 saturated heterocycles. The highest BCUT2D eigenvalue weighted by atomic mass is 19.4. The van der Waals surface area contributed by atoms with Crippen molar-refractivity contribution in [2.75, 3.05) is 11.4 Å². The predicted molar refractivity (Wildman–Crippen MR) is 81.8 cm³/mol. The quantitative estimate of drug-likeness (QED) is 0.895. The van der Waals surface area contributed by atoms with E-state index < -0.39 is 11.7 Å². The summed E-state index contributed by atoms with van der Waals surface area (Å²) < 4.78 is 38.0. The maximum atomic E-state index is 12.7. The van der Waals surface area contributed by atoms with Crippen LogP contribution in [0.15, 0.2) is 48.5 Å². The Morgan fingerprint density at radius 3 is 2.41 bits per heavy atom. The lowest BCUT2D eigenvalue weighted by molar-refractivity contribution is -0.137. The molecular weight excluding hydrogens is 289 g/mol. The molecule has 0 unspecified atom stereocenters. The van der Waals surface area contributed by atoms with E-state index in [2.05, 4.69) is 0 Å². The lowest BCUT2D eigenvalue weighted by Crippen LogP contribution is -2.21. The van der Waals surface area contributed by atoms with Crippen molar-refractivity contribution < 1.29 is 13.2 Å². The van der Waals surface area contributed by atoms with Crippen LogP contribution in [0, 0.1) is 0 Å². The van der Waals surface area contributed by atoms with Gasteiger partial charge in [0.2, 0.25) is 0 Å². The summed E-state index contributed by atoms with van der Waals surface area (Å²) in [6.07, 6.45) is -0.317. The van der Waals surface area contributed by atoms with E-state index in [9.17, 15) is 13.2 Å². The number of nitrogens with zero attached hydrogens (tertiary/aromatic N) is 1. The molecule has 0 aliphatic carbocycles. The zero-order chi connectivity index (χ0) is 15.7. The smallest absolute Gasteiger partial charge is 0.337 e. The highest BCUT2D eigenvalue weighted by molar-refractivity contribution is 5.79. The second kappa shape index (κ2) is 5.50. The first-order chi connectivity index (χ1) is 10.5. The fourth-order valence-corrected chi connectivity index (χ4v) is 2.65. The maximum absolute atomic E-state index is 12.7. The molecule has 1 aliphatic rings. The molecule has 2 aromatic rings. The van der Waals surface area contributed by atoms with Gasteiger partial charge in [0.1, 0.15) is 0 Å². The number of anilines is 2. The molecule has 0 atom stereocenters. The molecule has 0 aromatic heterocycles. The highest BCUT2D eigenvalue weighted by Gasteiger charge is 2.30. The first-order valence-electron chi connectivity index (χ1n) is 6.94. The molecule has 2 N–H and O–H groups in total. The zero-order valence-corrected chi connectivity index (χ0v) is 11.8. The molecule has 0 saturated carbocycles.